The predicted molar refractivity (Wildman–Crippen MR) is 76.0 cm³/mol. The van der Waals surface area contributed by atoms with Crippen LogP contribution in [-0.2, 0) is 11.3 Å². The Kier molecular flexibility index (Phi) is 3.84. The minimum atomic E-state index is -0.162. The molecule has 0 amide bonds. The first-order valence-corrected chi connectivity index (χ1v) is 7.48. The molecule has 0 aromatic carbocycles. The topological polar surface area (TPSA) is 67.1 Å². The van der Waals surface area contributed by atoms with Crippen LogP contribution in [0.4, 0.5) is 0 Å². The maximum atomic E-state index is 11.9. The summed E-state index contributed by atoms with van der Waals surface area (Å²) in [7, 11) is 0. The van der Waals surface area contributed by atoms with Crippen LogP contribution in [0.3, 0.4) is 0 Å². The monoisotopic (exact) mass is 295 g/mol. The van der Waals surface area contributed by atoms with E-state index < -0.39 is 0 Å². The van der Waals surface area contributed by atoms with E-state index in [9.17, 15) is 9.90 Å². The van der Waals surface area contributed by atoms with E-state index in [0.717, 1.165) is 12.2 Å². The van der Waals surface area contributed by atoms with Gasteiger partial charge in [-0.1, -0.05) is 0 Å². The highest BCUT2D eigenvalue weighted by molar-refractivity contribution is 7.15. The number of aliphatic hydroxyl groups excluding tert-OH is 1. The van der Waals surface area contributed by atoms with Crippen molar-refractivity contribution in [2.45, 2.75) is 25.7 Å². The summed E-state index contributed by atoms with van der Waals surface area (Å²) in [6, 6.07) is 1.58. The molecule has 0 spiro atoms. The molecule has 0 saturated carbocycles. The molecule has 1 fully saturated rings. The second-order valence-corrected chi connectivity index (χ2v) is 5.96. The van der Waals surface area contributed by atoms with Crippen molar-refractivity contribution in [1.29, 1.82) is 0 Å². The smallest absolute Gasteiger partial charge is 0.258 e. The second-order valence-electron chi connectivity index (χ2n) is 5.09. The fourth-order valence-corrected chi connectivity index (χ4v) is 3.31. The van der Waals surface area contributed by atoms with Crippen LogP contribution in [0, 0.1) is 0 Å². The third kappa shape index (κ3) is 2.76. The molecular weight excluding hydrogens is 278 g/mol. The zero-order valence-electron chi connectivity index (χ0n) is 11.2. The SMILES string of the molecule is CC1CN(Cc2cc(=O)n3ccsc3n2)CC(CO)O1. The lowest BCUT2D eigenvalue weighted by Gasteiger charge is -2.35. The van der Waals surface area contributed by atoms with Crippen molar-refractivity contribution in [3.63, 3.8) is 0 Å². The predicted octanol–water partition coefficient (Wildman–Crippen LogP) is 0.338. The molecule has 3 heterocycles. The molecule has 2 atom stereocenters. The van der Waals surface area contributed by atoms with Gasteiger partial charge in [0.05, 0.1) is 24.5 Å². The third-order valence-electron chi connectivity index (χ3n) is 3.35. The van der Waals surface area contributed by atoms with Gasteiger partial charge in [-0.15, -0.1) is 11.3 Å². The number of fused-ring (bicyclic) bond motifs is 1. The lowest BCUT2D eigenvalue weighted by atomic mass is 10.2. The molecule has 20 heavy (non-hydrogen) atoms. The van der Waals surface area contributed by atoms with Crippen LogP contribution in [0.5, 0.6) is 0 Å². The van der Waals surface area contributed by atoms with Crippen LogP contribution in [0.25, 0.3) is 4.96 Å². The zero-order chi connectivity index (χ0) is 14.1. The fourth-order valence-electron chi connectivity index (χ4n) is 2.57. The van der Waals surface area contributed by atoms with Crippen molar-refractivity contribution in [2.24, 2.45) is 0 Å². The first-order valence-electron chi connectivity index (χ1n) is 6.60. The number of aromatic nitrogens is 2. The van der Waals surface area contributed by atoms with Gasteiger partial charge >= 0.3 is 0 Å². The van der Waals surface area contributed by atoms with Crippen molar-refractivity contribution >= 4 is 16.3 Å². The first-order chi connectivity index (χ1) is 9.65. The minimum Gasteiger partial charge on any atom is -0.394 e. The number of hydrogen-bond donors (Lipinski definition) is 1. The molecule has 3 rings (SSSR count). The standard InChI is InChI=1S/C13H17N3O3S/c1-9-5-15(7-11(8-17)19-9)6-10-4-12(18)16-2-3-20-13(16)14-10/h2-4,9,11,17H,5-8H2,1H3. The van der Waals surface area contributed by atoms with Gasteiger partial charge in [-0.2, -0.15) is 0 Å². The van der Waals surface area contributed by atoms with E-state index >= 15 is 0 Å². The van der Waals surface area contributed by atoms with E-state index in [2.05, 4.69) is 9.88 Å². The Bertz CT molecular complexity index is 654. The van der Waals surface area contributed by atoms with Crippen LogP contribution in [0.2, 0.25) is 0 Å². The number of hydrogen-bond acceptors (Lipinski definition) is 6. The second kappa shape index (κ2) is 5.61. The van der Waals surface area contributed by atoms with Crippen LogP contribution in [-0.4, -0.2) is 51.3 Å². The van der Waals surface area contributed by atoms with Crippen molar-refractivity contribution in [1.82, 2.24) is 14.3 Å². The van der Waals surface area contributed by atoms with Crippen LogP contribution in [0.1, 0.15) is 12.6 Å². The van der Waals surface area contributed by atoms with Gasteiger partial charge in [-0.05, 0) is 6.92 Å². The summed E-state index contributed by atoms with van der Waals surface area (Å²) >= 11 is 1.45. The first kappa shape index (κ1) is 13.7. The highest BCUT2D eigenvalue weighted by Crippen LogP contribution is 2.14. The average molecular weight is 295 g/mol. The Labute approximate surface area is 120 Å². The van der Waals surface area contributed by atoms with Gasteiger partial charge in [0.25, 0.3) is 5.56 Å². The number of rotatable bonds is 3. The zero-order valence-corrected chi connectivity index (χ0v) is 12.0. The van der Waals surface area contributed by atoms with Crippen LogP contribution < -0.4 is 5.56 Å². The van der Waals surface area contributed by atoms with Gasteiger partial charge in [-0.3, -0.25) is 14.1 Å². The number of nitrogens with zero attached hydrogens (tertiary/aromatic N) is 3. The summed E-state index contributed by atoms with van der Waals surface area (Å²) < 4.78 is 7.16. The molecule has 0 radical (unpaired) electrons. The van der Waals surface area contributed by atoms with E-state index in [1.165, 1.54) is 11.3 Å². The summed E-state index contributed by atoms with van der Waals surface area (Å²) in [5.74, 6) is 0. The Morgan fingerprint density at radius 3 is 3.20 bits per heavy atom. The highest BCUT2D eigenvalue weighted by atomic mass is 32.1. The molecule has 7 heteroatoms. The maximum Gasteiger partial charge on any atom is 0.258 e. The Balaban J connectivity index is 1.80. The number of ether oxygens (including phenoxy) is 1. The summed E-state index contributed by atoms with van der Waals surface area (Å²) in [6.07, 6.45) is 1.65. The molecule has 1 saturated heterocycles. The number of morpholine rings is 1. The fraction of sp³-hybridized carbons (Fsp3) is 0.538. The van der Waals surface area contributed by atoms with Crippen molar-refractivity contribution in [2.75, 3.05) is 19.7 Å². The molecule has 1 aliphatic heterocycles. The Morgan fingerprint density at radius 2 is 2.40 bits per heavy atom. The largest absolute Gasteiger partial charge is 0.394 e. The van der Waals surface area contributed by atoms with E-state index in [1.54, 1.807) is 16.7 Å². The molecule has 2 aromatic heterocycles. The lowest BCUT2D eigenvalue weighted by molar-refractivity contribution is -0.0974. The highest BCUT2D eigenvalue weighted by Gasteiger charge is 2.25. The number of thiazole rings is 1. The van der Waals surface area contributed by atoms with Gasteiger partial charge < -0.3 is 9.84 Å². The summed E-state index contributed by atoms with van der Waals surface area (Å²) in [5.41, 5.74) is 0.717. The molecule has 1 N–H and O–H groups in total. The van der Waals surface area contributed by atoms with Gasteiger partial charge in [0, 0.05) is 37.3 Å². The lowest BCUT2D eigenvalue weighted by Crippen LogP contribution is -2.47. The summed E-state index contributed by atoms with van der Waals surface area (Å²) in [5, 5.41) is 11.1. The number of aliphatic hydroxyl groups is 1. The molecule has 2 aromatic rings. The Morgan fingerprint density at radius 1 is 1.55 bits per heavy atom. The third-order valence-corrected chi connectivity index (χ3v) is 4.10. The maximum absolute atomic E-state index is 11.9. The van der Waals surface area contributed by atoms with Crippen molar-refractivity contribution in [3.8, 4) is 0 Å². The van der Waals surface area contributed by atoms with Gasteiger partial charge in [-0.25, -0.2) is 4.98 Å². The van der Waals surface area contributed by atoms with Crippen LogP contribution in [0.15, 0.2) is 22.4 Å². The molecule has 0 bridgehead atoms. The van der Waals surface area contributed by atoms with E-state index in [4.69, 9.17) is 4.74 Å². The van der Waals surface area contributed by atoms with Gasteiger partial charge in [0.2, 0.25) is 0 Å². The molecule has 0 aliphatic carbocycles. The molecule has 2 unspecified atom stereocenters. The average Bonchev–Trinajstić information content (AvgIpc) is 2.86. The van der Waals surface area contributed by atoms with Gasteiger partial charge in [0.15, 0.2) is 4.96 Å². The van der Waals surface area contributed by atoms with E-state index in [-0.39, 0.29) is 24.4 Å². The molecule has 1 aliphatic rings. The summed E-state index contributed by atoms with van der Waals surface area (Å²) in [4.78, 5) is 19.3. The van der Waals surface area contributed by atoms with Gasteiger partial charge in [0.1, 0.15) is 0 Å². The van der Waals surface area contributed by atoms with Crippen molar-refractivity contribution < 1.29 is 9.84 Å². The van der Waals surface area contributed by atoms with Crippen molar-refractivity contribution in [3.05, 3.63) is 33.7 Å². The van der Waals surface area contributed by atoms with Crippen LogP contribution >= 0.6 is 11.3 Å². The summed E-state index contributed by atoms with van der Waals surface area (Å²) in [6.45, 7) is 4.04. The van der Waals surface area contributed by atoms with E-state index in [1.807, 2.05) is 12.3 Å². The normalized spacial score (nSPS) is 24.3. The molecule has 108 valence electrons. The Hall–Kier alpha value is -1.28. The molecular formula is C13H17N3O3S. The minimum absolute atomic E-state index is 0.0148. The quantitative estimate of drug-likeness (QED) is 0.884. The van der Waals surface area contributed by atoms with E-state index in [0.29, 0.717) is 18.1 Å². The molecule has 6 nitrogen and oxygen atoms in total.